The van der Waals surface area contributed by atoms with E-state index in [-0.39, 0.29) is 11.6 Å². The minimum absolute atomic E-state index is 0.170. The maximum atomic E-state index is 13.6. The van der Waals surface area contributed by atoms with Crippen molar-refractivity contribution in [2.45, 2.75) is 18.2 Å². The number of benzene rings is 2. The van der Waals surface area contributed by atoms with Crippen LogP contribution in [0.1, 0.15) is 12.0 Å². The highest BCUT2D eigenvalue weighted by Gasteiger charge is 2.07. The van der Waals surface area contributed by atoms with Gasteiger partial charge in [0.05, 0.1) is 5.69 Å². The molecule has 104 valence electrons. The Hall–Kier alpha value is -1.81. The Morgan fingerprint density at radius 1 is 1.20 bits per heavy atom. The van der Waals surface area contributed by atoms with Gasteiger partial charge in [-0.1, -0.05) is 24.3 Å². The van der Waals surface area contributed by atoms with Crippen LogP contribution in [0.2, 0.25) is 0 Å². The van der Waals surface area contributed by atoms with Gasteiger partial charge in [0.1, 0.15) is 5.82 Å². The van der Waals surface area contributed by atoms with Gasteiger partial charge in [-0.3, -0.25) is 4.79 Å². The van der Waals surface area contributed by atoms with E-state index in [4.69, 9.17) is 0 Å². The predicted octanol–water partition coefficient (Wildman–Crippen LogP) is 4.26. The molecule has 0 aliphatic rings. The van der Waals surface area contributed by atoms with Crippen molar-refractivity contribution >= 4 is 23.4 Å². The van der Waals surface area contributed by atoms with Gasteiger partial charge in [-0.25, -0.2) is 4.39 Å². The Morgan fingerprint density at radius 2 is 1.95 bits per heavy atom. The fourth-order valence-corrected chi connectivity index (χ4v) is 2.59. The lowest BCUT2D eigenvalue weighted by Gasteiger charge is -2.07. The molecule has 0 aliphatic carbocycles. The van der Waals surface area contributed by atoms with Crippen LogP contribution in [0.3, 0.4) is 0 Å². The molecule has 2 nitrogen and oxygen atoms in total. The molecule has 0 aromatic heterocycles. The normalized spacial score (nSPS) is 10.3. The Balaban J connectivity index is 1.81. The quantitative estimate of drug-likeness (QED) is 0.833. The van der Waals surface area contributed by atoms with Crippen molar-refractivity contribution in [3.8, 4) is 0 Å². The third-order valence-electron chi connectivity index (χ3n) is 2.74. The third kappa shape index (κ3) is 4.38. The van der Waals surface area contributed by atoms with E-state index in [9.17, 15) is 9.18 Å². The molecule has 0 atom stereocenters. The lowest BCUT2D eigenvalue weighted by atomic mass is 10.2. The molecule has 2 aromatic rings. The summed E-state index contributed by atoms with van der Waals surface area (Å²) in [5.41, 5.74) is 1.07. The number of aryl methyl sites for hydroxylation is 1. The molecule has 0 saturated heterocycles. The van der Waals surface area contributed by atoms with E-state index in [1.807, 2.05) is 37.3 Å². The van der Waals surface area contributed by atoms with E-state index in [0.717, 1.165) is 10.5 Å². The summed E-state index contributed by atoms with van der Waals surface area (Å²) >= 11 is 1.61. The van der Waals surface area contributed by atoms with E-state index in [1.165, 1.54) is 6.07 Å². The number of nitrogens with one attached hydrogen (secondary N) is 1. The second-order valence-electron chi connectivity index (χ2n) is 4.44. The van der Waals surface area contributed by atoms with E-state index in [1.54, 1.807) is 23.9 Å². The van der Waals surface area contributed by atoms with Gasteiger partial charge in [-0.05, 0) is 36.8 Å². The smallest absolute Gasteiger partial charge is 0.225 e. The van der Waals surface area contributed by atoms with Crippen molar-refractivity contribution < 1.29 is 9.18 Å². The minimum Gasteiger partial charge on any atom is -0.324 e. The standard InChI is InChI=1S/C16H16FNOS/c1-12-7-8-15(14(17)11-12)18-16(19)9-10-20-13-5-3-2-4-6-13/h2-8,11H,9-10H2,1H3,(H,18,19). The van der Waals surface area contributed by atoms with E-state index in [2.05, 4.69) is 5.32 Å². The van der Waals surface area contributed by atoms with Crippen LogP contribution in [-0.4, -0.2) is 11.7 Å². The summed E-state index contributed by atoms with van der Waals surface area (Å²) in [5.74, 6) is 0.105. The maximum Gasteiger partial charge on any atom is 0.225 e. The summed E-state index contributed by atoms with van der Waals surface area (Å²) in [4.78, 5) is 12.9. The van der Waals surface area contributed by atoms with Crippen LogP contribution in [0.25, 0.3) is 0 Å². The number of halogens is 1. The molecule has 2 aromatic carbocycles. The fourth-order valence-electron chi connectivity index (χ4n) is 1.71. The lowest BCUT2D eigenvalue weighted by molar-refractivity contribution is -0.115. The zero-order valence-corrected chi connectivity index (χ0v) is 12.0. The molecule has 2 rings (SSSR count). The molecular formula is C16H16FNOS. The predicted molar refractivity (Wildman–Crippen MR) is 81.5 cm³/mol. The van der Waals surface area contributed by atoms with E-state index in [0.29, 0.717) is 12.2 Å². The second kappa shape index (κ2) is 7.10. The van der Waals surface area contributed by atoms with Crippen LogP contribution in [-0.2, 0) is 4.79 Å². The largest absolute Gasteiger partial charge is 0.324 e. The molecule has 0 bridgehead atoms. The van der Waals surface area contributed by atoms with Crippen LogP contribution in [0.4, 0.5) is 10.1 Å². The first-order valence-electron chi connectivity index (χ1n) is 6.39. The Bertz CT molecular complexity index is 586. The Kier molecular flexibility index (Phi) is 5.18. The van der Waals surface area contributed by atoms with Crippen molar-refractivity contribution in [1.82, 2.24) is 0 Å². The zero-order chi connectivity index (χ0) is 14.4. The molecule has 4 heteroatoms. The number of anilines is 1. The van der Waals surface area contributed by atoms with Crippen molar-refractivity contribution in [1.29, 1.82) is 0 Å². The van der Waals surface area contributed by atoms with Gasteiger partial charge in [0.15, 0.2) is 0 Å². The molecule has 0 unspecified atom stereocenters. The highest BCUT2D eigenvalue weighted by molar-refractivity contribution is 7.99. The summed E-state index contributed by atoms with van der Waals surface area (Å²) in [6.45, 7) is 1.81. The molecule has 1 amide bonds. The van der Waals surface area contributed by atoms with Crippen molar-refractivity contribution in [2.24, 2.45) is 0 Å². The highest BCUT2D eigenvalue weighted by Crippen LogP contribution is 2.19. The lowest BCUT2D eigenvalue weighted by Crippen LogP contribution is -2.13. The summed E-state index contributed by atoms with van der Waals surface area (Å²) < 4.78 is 13.6. The van der Waals surface area contributed by atoms with E-state index >= 15 is 0 Å². The van der Waals surface area contributed by atoms with Crippen LogP contribution >= 0.6 is 11.8 Å². The molecule has 0 heterocycles. The summed E-state index contributed by atoms with van der Waals surface area (Å²) in [6.07, 6.45) is 0.354. The van der Waals surface area contributed by atoms with E-state index < -0.39 is 5.82 Å². The maximum absolute atomic E-state index is 13.6. The molecular weight excluding hydrogens is 273 g/mol. The van der Waals surface area contributed by atoms with Gasteiger partial charge in [-0.15, -0.1) is 11.8 Å². The highest BCUT2D eigenvalue weighted by atomic mass is 32.2. The van der Waals surface area contributed by atoms with Crippen LogP contribution in [0, 0.1) is 12.7 Å². The monoisotopic (exact) mass is 289 g/mol. The number of carbonyl (C=O) groups is 1. The second-order valence-corrected chi connectivity index (χ2v) is 5.61. The molecule has 0 spiro atoms. The summed E-state index contributed by atoms with van der Waals surface area (Å²) in [6, 6.07) is 14.7. The number of carbonyl (C=O) groups excluding carboxylic acids is 1. The number of rotatable bonds is 5. The number of amides is 1. The number of hydrogen-bond acceptors (Lipinski definition) is 2. The van der Waals surface area contributed by atoms with Gasteiger partial charge in [0.2, 0.25) is 5.91 Å². The SMILES string of the molecule is Cc1ccc(NC(=O)CCSc2ccccc2)c(F)c1. The molecule has 0 fully saturated rings. The third-order valence-corrected chi connectivity index (χ3v) is 3.75. The molecule has 0 saturated carbocycles. The van der Waals surface area contributed by atoms with Crippen molar-refractivity contribution in [3.05, 3.63) is 59.9 Å². The molecule has 0 radical (unpaired) electrons. The van der Waals surface area contributed by atoms with Crippen LogP contribution in [0.5, 0.6) is 0 Å². The van der Waals surface area contributed by atoms with Crippen LogP contribution < -0.4 is 5.32 Å². The Morgan fingerprint density at radius 3 is 2.65 bits per heavy atom. The van der Waals surface area contributed by atoms with Gasteiger partial charge in [0, 0.05) is 17.1 Å². The molecule has 0 aliphatic heterocycles. The van der Waals surface area contributed by atoms with Gasteiger partial charge in [-0.2, -0.15) is 0 Å². The summed E-state index contributed by atoms with van der Waals surface area (Å²) in [5, 5.41) is 2.60. The topological polar surface area (TPSA) is 29.1 Å². The first-order chi connectivity index (χ1) is 9.65. The van der Waals surface area contributed by atoms with Crippen molar-refractivity contribution in [3.63, 3.8) is 0 Å². The minimum atomic E-state index is -0.394. The van der Waals surface area contributed by atoms with Gasteiger partial charge < -0.3 is 5.32 Å². The van der Waals surface area contributed by atoms with Crippen molar-refractivity contribution in [2.75, 3.05) is 11.1 Å². The Labute approximate surface area is 122 Å². The number of thioether (sulfide) groups is 1. The molecule has 20 heavy (non-hydrogen) atoms. The first kappa shape index (κ1) is 14.6. The average molecular weight is 289 g/mol. The fraction of sp³-hybridized carbons (Fsp3) is 0.188. The number of hydrogen-bond donors (Lipinski definition) is 1. The summed E-state index contributed by atoms with van der Waals surface area (Å²) in [7, 11) is 0. The zero-order valence-electron chi connectivity index (χ0n) is 11.2. The molecule has 1 N–H and O–H groups in total. The van der Waals surface area contributed by atoms with Crippen LogP contribution in [0.15, 0.2) is 53.4 Å². The average Bonchev–Trinajstić information content (AvgIpc) is 2.43. The van der Waals surface area contributed by atoms with Gasteiger partial charge >= 0.3 is 0 Å². The first-order valence-corrected chi connectivity index (χ1v) is 7.37. The van der Waals surface area contributed by atoms with Gasteiger partial charge in [0.25, 0.3) is 0 Å².